The summed E-state index contributed by atoms with van der Waals surface area (Å²) >= 11 is 1.40. The van der Waals surface area contributed by atoms with Crippen molar-refractivity contribution in [2.45, 2.75) is 32.6 Å². The molecule has 0 fully saturated rings. The van der Waals surface area contributed by atoms with E-state index in [1.54, 1.807) is 0 Å². The third-order valence-corrected chi connectivity index (χ3v) is 3.31. The number of aliphatic hydroxyl groups excluding tert-OH is 1. The zero-order chi connectivity index (χ0) is 13.2. The van der Waals surface area contributed by atoms with Crippen molar-refractivity contribution >= 4 is 17.2 Å². The molecule has 0 aliphatic rings. The Morgan fingerprint density at radius 3 is 3.06 bits per heavy atom. The van der Waals surface area contributed by atoms with E-state index in [0.717, 1.165) is 24.8 Å². The van der Waals surface area contributed by atoms with Gasteiger partial charge in [-0.3, -0.25) is 4.79 Å². The number of nitrogens with one attached hydrogen (secondary N) is 1. The van der Waals surface area contributed by atoms with Crippen molar-refractivity contribution in [1.82, 2.24) is 5.32 Å². The van der Waals surface area contributed by atoms with E-state index in [4.69, 9.17) is 5.11 Å². The topological polar surface area (TPSA) is 49.3 Å². The summed E-state index contributed by atoms with van der Waals surface area (Å²) in [6, 6.07) is 1.84. The smallest absolute Gasteiger partial charge is 0.262 e. The van der Waals surface area contributed by atoms with E-state index in [2.05, 4.69) is 24.1 Å². The SMILES string of the molecule is CCCCCNC(=O)c1sccc1C#CCCO. The Labute approximate surface area is 112 Å². The number of unbranched alkanes of at least 4 members (excludes halogenated alkanes) is 2. The number of carbonyl (C=O) groups is 1. The second kappa shape index (κ2) is 8.73. The molecule has 18 heavy (non-hydrogen) atoms. The number of hydrogen-bond donors (Lipinski definition) is 2. The first-order chi connectivity index (χ1) is 8.79. The third kappa shape index (κ3) is 4.91. The van der Waals surface area contributed by atoms with Crippen molar-refractivity contribution in [3.8, 4) is 11.8 Å². The van der Waals surface area contributed by atoms with Crippen molar-refractivity contribution in [2.24, 2.45) is 0 Å². The monoisotopic (exact) mass is 265 g/mol. The van der Waals surface area contributed by atoms with Crippen LogP contribution >= 0.6 is 11.3 Å². The molecule has 0 atom stereocenters. The molecule has 2 N–H and O–H groups in total. The number of rotatable bonds is 6. The van der Waals surface area contributed by atoms with Gasteiger partial charge >= 0.3 is 0 Å². The summed E-state index contributed by atoms with van der Waals surface area (Å²) in [5, 5.41) is 13.4. The molecule has 3 nitrogen and oxygen atoms in total. The fourth-order valence-corrected chi connectivity index (χ4v) is 2.22. The largest absolute Gasteiger partial charge is 0.395 e. The fourth-order valence-electron chi connectivity index (χ4n) is 1.45. The molecule has 0 saturated carbocycles. The molecule has 4 heteroatoms. The summed E-state index contributed by atoms with van der Waals surface area (Å²) in [7, 11) is 0. The molecule has 1 aromatic rings. The van der Waals surface area contributed by atoms with Crippen LogP contribution in [0.3, 0.4) is 0 Å². The van der Waals surface area contributed by atoms with Gasteiger partial charge in [-0.2, -0.15) is 0 Å². The van der Waals surface area contributed by atoms with Gasteiger partial charge in [-0.05, 0) is 17.9 Å². The van der Waals surface area contributed by atoms with E-state index in [-0.39, 0.29) is 12.5 Å². The molecule has 1 rings (SSSR count). The molecule has 1 amide bonds. The minimum absolute atomic E-state index is 0.0469. The number of thiophene rings is 1. The van der Waals surface area contributed by atoms with Gasteiger partial charge in [0, 0.05) is 18.5 Å². The summed E-state index contributed by atoms with van der Waals surface area (Å²) in [4.78, 5) is 12.6. The number of hydrogen-bond acceptors (Lipinski definition) is 3. The summed E-state index contributed by atoms with van der Waals surface area (Å²) in [6.07, 6.45) is 3.73. The minimum atomic E-state index is -0.0469. The minimum Gasteiger partial charge on any atom is -0.395 e. The molecular formula is C14H19NO2S. The highest BCUT2D eigenvalue weighted by atomic mass is 32.1. The Balaban J connectivity index is 2.53. The quantitative estimate of drug-likeness (QED) is 0.613. The average molecular weight is 265 g/mol. The molecule has 1 aromatic heterocycles. The van der Waals surface area contributed by atoms with Gasteiger partial charge < -0.3 is 10.4 Å². The third-order valence-electron chi connectivity index (χ3n) is 2.40. The van der Waals surface area contributed by atoms with Gasteiger partial charge in [0.1, 0.15) is 4.88 Å². The lowest BCUT2D eigenvalue weighted by Crippen LogP contribution is -2.24. The van der Waals surface area contributed by atoms with E-state index >= 15 is 0 Å². The van der Waals surface area contributed by atoms with Crippen LogP contribution in [0.4, 0.5) is 0 Å². The van der Waals surface area contributed by atoms with Crippen LogP contribution in [-0.4, -0.2) is 24.2 Å². The van der Waals surface area contributed by atoms with Crippen molar-refractivity contribution in [3.63, 3.8) is 0 Å². The zero-order valence-electron chi connectivity index (χ0n) is 10.7. The molecule has 0 aliphatic carbocycles. The van der Waals surface area contributed by atoms with E-state index in [0.29, 0.717) is 17.8 Å². The second-order valence-corrected chi connectivity index (χ2v) is 4.82. The molecule has 0 saturated heterocycles. The maximum Gasteiger partial charge on any atom is 0.262 e. The second-order valence-electron chi connectivity index (χ2n) is 3.90. The maximum absolute atomic E-state index is 11.9. The van der Waals surface area contributed by atoms with Gasteiger partial charge in [-0.15, -0.1) is 11.3 Å². The van der Waals surface area contributed by atoms with Crippen LogP contribution in [0.2, 0.25) is 0 Å². The van der Waals surface area contributed by atoms with E-state index < -0.39 is 0 Å². The first-order valence-electron chi connectivity index (χ1n) is 6.25. The number of aliphatic hydroxyl groups is 1. The van der Waals surface area contributed by atoms with Crippen LogP contribution in [0.1, 0.15) is 47.8 Å². The zero-order valence-corrected chi connectivity index (χ0v) is 11.5. The van der Waals surface area contributed by atoms with Crippen LogP contribution in [0.25, 0.3) is 0 Å². The standard InChI is InChI=1S/C14H19NO2S/c1-2-3-5-9-15-14(17)13-12(8-11-18-13)7-4-6-10-16/h8,11,16H,2-3,5-6,9-10H2,1H3,(H,15,17). The predicted molar refractivity (Wildman–Crippen MR) is 74.8 cm³/mol. The van der Waals surface area contributed by atoms with Crippen molar-refractivity contribution in [3.05, 3.63) is 21.9 Å². The highest BCUT2D eigenvalue weighted by Crippen LogP contribution is 2.15. The summed E-state index contributed by atoms with van der Waals surface area (Å²) in [6.45, 7) is 2.90. The van der Waals surface area contributed by atoms with Crippen LogP contribution in [0, 0.1) is 11.8 Å². The van der Waals surface area contributed by atoms with Crippen molar-refractivity contribution in [1.29, 1.82) is 0 Å². The van der Waals surface area contributed by atoms with Crippen molar-refractivity contribution in [2.75, 3.05) is 13.2 Å². The molecule has 0 unspecified atom stereocenters. The number of carbonyl (C=O) groups excluding carboxylic acids is 1. The Morgan fingerprint density at radius 1 is 1.50 bits per heavy atom. The van der Waals surface area contributed by atoms with Crippen LogP contribution in [-0.2, 0) is 0 Å². The summed E-state index contributed by atoms with van der Waals surface area (Å²) in [5.74, 6) is 5.71. The van der Waals surface area contributed by atoms with Crippen LogP contribution in [0.15, 0.2) is 11.4 Å². The van der Waals surface area contributed by atoms with E-state index in [9.17, 15) is 4.79 Å². The Hall–Kier alpha value is -1.31. The van der Waals surface area contributed by atoms with Gasteiger partial charge in [0.05, 0.1) is 6.61 Å². The van der Waals surface area contributed by atoms with Gasteiger partial charge in [0.2, 0.25) is 0 Å². The van der Waals surface area contributed by atoms with Crippen LogP contribution < -0.4 is 5.32 Å². The molecule has 0 bridgehead atoms. The lowest BCUT2D eigenvalue weighted by molar-refractivity contribution is 0.0957. The van der Waals surface area contributed by atoms with Gasteiger partial charge in [0.25, 0.3) is 5.91 Å². The van der Waals surface area contributed by atoms with Gasteiger partial charge in [-0.1, -0.05) is 31.6 Å². The van der Waals surface area contributed by atoms with Crippen molar-refractivity contribution < 1.29 is 9.90 Å². The molecule has 0 aromatic carbocycles. The highest BCUT2D eigenvalue weighted by Gasteiger charge is 2.10. The molecule has 98 valence electrons. The molecule has 0 aliphatic heterocycles. The molecule has 0 spiro atoms. The Morgan fingerprint density at radius 2 is 2.33 bits per heavy atom. The first kappa shape index (κ1) is 14.7. The lowest BCUT2D eigenvalue weighted by Gasteiger charge is -2.03. The first-order valence-corrected chi connectivity index (χ1v) is 7.13. The lowest BCUT2D eigenvalue weighted by atomic mass is 10.2. The van der Waals surface area contributed by atoms with E-state index in [1.807, 2.05) is 11.4 Å². The fraction of sp³-hybridized carbons (Fsp3) is 0.500. The van der Waals surface area contributed by atoms with Gasteiger partial charge in [0.15, 0.2) is 0 Å². The average Bonchev–Trinajstić information content (AvgIpc) is 2.83. The highest BCUT2D eigenvalue weighted by molar-refractivity contribution is 7.12. The normalized spacial score (nSPS) is 9.67. The molecule has 1 heterocycles. The van der Waals surface area contributed by atoms with Gasteiger partial charge in [-0.25, -0.2) is 0 Å². The number of amides is 1. The molecule has 0 radical (unpaired) electrons. The van der Waals surface area contributed by atoms with Crippen LogP contribution in [0.5, 0.6) is 0 Å². The Kier molecular flexibility index (Phi) is 7.16. The molecular weight excluding hydrogens is 246 g/mol. The summed E-state index contributed by atoms with van der Waals surface area (Å²) in [5.41, 5.74) is 0.751. The maximum atomic E-state index is 11.9. The predicted octanol–water partition coefficient (Wildman–Crippen LogP) is 2.40. The van der Waals surface area contributed by atoms with E-state index in [1.165, 1.54) is 11.3 Å². The summed E-state index contributed by atoms with van der Waals surface area (Å²) < 4.78 is 0. The Bertz CT molecular complexity index is 428.